The highest BCUT2D eigenvalue weighted by atomic mass is 32.1. The Balaban J connectivity index is 1.99. The van der Waals surface area contributed by atoms with Crippen molar-refractivity contribution in [2.45, 2.75) is 12.5 Å². The quantitative estimate of drug-likeness (QED) is 0.744. The fourth-order valence-corrected chi connectivity index (χ4v) is 2.42. The predicted molar refractivity (Wildman–Crippen MR) is 55.5 cm³/mol. The number of thiazole rings is 1. The number of rotatable bonds is 2. The molecule has 0 radical (unpaired) electrons. The lowest BCUT2D eigenvalue weighted by atomic mass is 9.95. The first-order chi connectivity index (χ1) is 6.81. The third kappa shape index (κ3) is 1.89. The van der Waals surface area contributed by atoms with E-state index in [0.717, 1.165) is 18.1 Å². The van der Waals surface area contributed by atoms with Crippen LogP contribution in [0.25, 0.3) is 0 Å². The average molecular weight is 214 g/mol. The first kappa shape index (κ1) is 9.89. The van der Waals surface area contributed by atoms with Crippen molar-refractivity contribution in [3.8, 4) is 0 Å². The number of hydrogen-bond acceptors (Lipinski definition) is 5. The summed E-state index contributed by atoms with van der Waals surface area (Å²) in [5.41, 5.74) is 0. The Morgan fingerprint density at radius 2 is 2.50 bits per heavy atom. The minimum absolute atomic E-state index is 0.0335. The maximum Gasteiger partial charge on any atom is 0.185 e. The van der Waals surface area contributed by atoms with E-state index in [0.29, 0.717) is 6.54 Å². The highest BCUT2D eigenvalue weighted by Crippen LogP contribution is 2.24. The molecule has 0 spiro atoms. The monoisotopic (exact) mass is 214 g/mol. The minimum Gasteiger partial charge on any atom is -0.396 e. The molecule has 1 aromatic heterocycles. The van der Waals surface area contributed by atoms with Crippen molar-refractivity contribution in [1.82, 2.24) is 4.98 Å². The van der Waals surface area contributed by atoms with Gasteiger partial charge in [-0.3, -0.25) is 0 Å². The number of hydrogen-bond donors (Lipinski definition) is 2. The fourth-order valence-electron chi connectivity index (χ4n) is 1.74. The number of piperidine rings is 1. The van der Waals surface area contributed by atoms with Crippen molar-refractivity contribution < 1.29 is 10.2 Å². The lowest BCUT2D eigenvalue weighted by Crippen LogP contribution is -2.45. The predicted octanol–water partition coefficient (Wildman–Crippen LogP) is 0.323. The van der Waals surface area contributed by atoms with Crippen LogP contribution < -0.4 is 4.90 Å². The molecule has 14 heavy (non-hydrogen) atoms. The number of aliphatic hydroxyl groups is 2. The second-order valence-corrected chi connectivity index (χ2v) is 4.43. The third-order valence-corrected chi connectivity index (χ3v) is 3.48. The highest BCUT2D eigenvalue weighted by Gasteiger charge is 2.27. The van der Waals surface area contributed by atoms with Crippen LogP contribution in [0, 0.1) is 5.92 Å². The molecule has 4 nitrogen and oxygen atoms in total. The molecule has 5 heteroatoms. The number of β-amino-alcohol motifs (C(OH)–C–C–N with tert-alkyl or cyclic N) is 1. The second-order valence-electron chi connectivity index (χ2n) is 3.56. The molecule has 2 atom stereocenters. The molecular weight excluding hydrogens is 200 g/mol. The van der Waals surface area contributed by atoms with Crippen molar-refractivity contribution in [2.24, 2.45) is 5.92 Å². The average Bonchev–Trinajstić information content (AvgIpc) is 2.70. The summed E-state index contributed by atoms with van der Waals surface area (Å²) in [6.45, 7) is 1.53. The van der Waals surface area contributed by atoms with Gasteiger partial charge in [-0.15, -0.1) is 11.3 Å². The topological polar surface area (TPSA) is 56.6 Å². The van der Waals surface area contributed by atoms with Crippen molar-refractivity contribution in [3.05, 3.63) is 11.6 Å². The largest absolute Gasteiger partial charge is 0.396 e. The zero-order chi connectivity index (χ0) is 9.97. The molecular formula is C9H14N2O2S. The standard InChI is InChI=1S/C9H14N2O2S/c12-6-7-1-3-11(5-8(7)13)9-10-2-4-14-9/h2,4,7-8,12-13H,1,3,5-6H2/t7-,8+/m1/s1. The van der Waals surface area contributed by atoms with Gasteiger partial charge in [-0.25, -0.2) is 4.98 Å². The Morgan fingerprint density at radius 1 is 1.64 bits per heavy atom. The minimum atomic E-state index is -0.433. The molecule has 1 aromatic rings. The van der Waals surface area contributed by atoms with Crippen LogP contribution in [0.3, 0.4) is 0 Å². The Hall–Kier alpha value is -0.650. The van der Waals surface area contributed by atoms with Crippen LogP contribution in [0.2, 0.25) is 0 Å². The molecule has 1 saturated heterocycles. The summed E-state index contributed by atoms with van der Waals surface area (Å²) < 4.78 is 0. The van der Waals surface area contributed by atoms with Gasteiger partial charge in [-0.2, -0.15) is 0 Å². The van der Waals surface area contributed by atoms with Gasteiger partial charge in [0.2, 0.25) is 0 Å². The van der Waals surface area contributed by atoms with Gasteiger partial charge in [0, 0.05) is 37.2 Å². The van der Waals surface area contributed by atoms with E-state index in [1.807, 2.05) is 5.38 Å². The summed E-state index contributed by atoms with van der Waals surface area (Å²) >= 11 is 1.58. The number of nitrogens with zero attached hydrogens (tertiary/aromatic N) is 2. The van der Waals surface area contributed by atoms with Crippen LogP contribution >= 0.6 is 11.3 Å². The third-order valence-electron chi connectivity index (χ3n) is 2.65. The lowest BCUT2D eigenvalue weighted by Gasteiger charge is -2.34. The molecule has 1 aliphatic heterocycles. The summed E-state index contributed by atoms with van der Waals surface area (Å²) in [4.78, 5) is 6.27. The fraction of sp³-hybridized carbons (Fsp3) is 0.667. The van der Waals surface area contributed by atoms with Crippen molar-refractivity contribution >= 4 is 16.5 Å². The summed E-state index contributed by atoms with van der Waals surface area (Å²) in [7, 11) is 0. The van der Waals surface area contributed by atoms with Crippen molar-refractivity contribution in [1.29, 1.82) is 0 Å². The maximum atomic E-state index is 9.71. The summed E-state index contributed by atoms with van der Waals surface area (Å²) in [6.07, 6.45) is 2.17. The van der Waals surface area contributed by atoms with E-state index in [-0.39, 0.29) is 12.5 Å². The molecule has 0 bridgehead atoms. The molecule has 1 fully saturated rings. The van der Waals surface area contributed by atoms with Crippen molar-refractivity contribution in [3.63, 3.8) is 0 Å². The summed E-state index contributed by atoms with van der Waals surface area (Å²) in [6, 6.07) is 0. The molecule has 1 aliphatic rings. The Morgan fingerprint density at radius 3 is 3.07 bits per heavy atom. The first-order valence-electron chi connectivity index (χ1n) is 4.74. The van der Waals surface area contributed by atoms with Gasteiger partial charge in [0.1, 0.15) is 0 Å². The van der Waals surface area contributed by atoms with E-state index < -0.39 is 6.10 Å². The van der Waals surface area contributed by atoms with Crippen LogP contribution in [0.5, 0.6) is 0 Å². The van der Waals surface area contributed by atoms with Crippen molar-refractivity contribution in [2.75, 3.05) is 24.6 Å². The van der Waals surface area contributed by atoms with Gasteiger partial charge in [-0.05, 0) is 6.42 Å². The molecule has 2 N–H and O–H groups in total. The van der Waals surface area contributed by atoms with Gasteiger partial charge in [0.15, 0.2) is 5.13 Å². The smallest absolute Gasteiger partial charge is 0.185 e. The molecule has 0 aliphatic carbocycles. The molecule has 78 valence electrons. The SMILES string of the molecule is OC[C@H]1CCN(c2nccs2)C[C@@H]1O. The van der Waals surface area contributed by atoms with Crippen LogP contribution in [-0.4, -0.2) is 41.0 Å². The summed E-state index contributed by atoms with van der Waals surface area (Å²) in [5, 5.41) is 21.6. The molecule has 0 unspecified atom stereocenters. The zero-order valence-corrected chi connectivity index (χ0v) is 8.65. The Bertz CT molecular complexity index is 278. The van der Waals surface area contributed by atoms with E-state index in [1.54, 1.807) is 17.5 Å². The molecule has 0 amide bonds. The summed E-state index contributed by atoms with van der Waals surface area (Å²) in [5.74, 6) is 0.0335. The van der Waals surface area contributed by atoms with Gasteiger partial charge in [-0.1, -0.05) is 0 Å². The highest BCUT2D eigenvalue weighted by molar-refractivity contribution is 7.13. The van der Waals surface area contributed by atoms with E-state index >= 15 is 0 Å². The normalized spacial score (nSPS) is 28.0. The van der Waals surface area contributed by atoms with Gasteiger partial charge in [0.25, 0.3) is 0 Å². The first-order valence-corrected chi connectivity index (χ1v) is 5.62. The number of anilines is 1. The number of aliphatic hydroxyl groups excluding tert-OH is 2. The van der Waals surface area contributed by atoms with E-state index in [9.17, 15) is 5.11 Å². The zero-order valence-electron chi connectivity index (χ0n) is 7.83. The maximum absolute atomic E-state index is 9.71. The van der Waals surface area contributed by atoms with Gasteiger partial charge >= 0.3 is 0 Å². The van der Waals surface area contributed by atoms with E-state index in [2.05, 4.69) is 9.88 Å². The Labute approximate surface area is 86.8 Å². The van der Waals surface area contributed by atoms with Gasteiger partial charge < -0.3 is 15.1 Å². The molecule has 2 rings (SSSR count). The van der Waals surface area contributed by atoms with Crippen LogP contribution in [0.4, 0.5) is 5.13 Å². The number of aromatic nitrogens is 1. The second kappa shape index (κ2) is 4.25. The van der Waals surface area contributed by atoms with Crippen LogP contribution in [-0.2, 0) is 0 Å². The van der Waals surface area contributed by atoms with Crippen LogP contribution in [0.1, 0.15) is 6.42 Å². The van der Waals surface area contributed by atoms with Gasteiger partial charge in [0.05, 0.1) is 6.10 Å². The molecule has 2 heterocycles. The molecule has 0 saturated carbocycles. The van der Waals surface area contributed by atoms with E-state index in [4.69, 9.17) is 5.11 Å². The molecule has 0 aromatic carbocycles. The van der Waals surface area contributed by atoms with E-state index in [1.165, 1.54) is 0 Å². The van der Waals surface area contributed by atoms with Crippen LogP contribution in [0.15, 0.2) is 11.6 Å². The Kier molecular flexibility index (Phi) is 3.00. The lowest BCUT2D eigenvalue weighted by molar-refractivity contribution is 0.0548.